The van der Waals surface area contributed by atoms with Gasteiger partial charge >= 0.3 is 6.03 Å². The van der Waals surface area contributed by atoms with Crippen LogP contribution in [-0.4, -0.2) is 24.4 Å². The second-order valence-electron chi connectivity index (χ2n) is 6.85. The summed E-state index contributed by atoms with van der Waals surface area (Å²) in [6, 6.07) is 11.8. The first kappa shape index (κ1) is 17.3. The van der Waals surface area contributed by atoms with Crippen LogP contribution in [0, 0.1) is 6.92 Å². The Hall–Kier alpha value is -3.15. The summed E-state index contributed by atoms with van der Waals surface area (Å²) in [4.78, 5) is 15.5. The normalized spacial score (nSPS) is 13.6. The van der Waals surface area contributed by atoms with Crippen molar-refractivity contribution in [3.8, 4) is 11.5 Å². The lowest BCUT2D eigenvalue weighted by molar-refractivity contribution is 0.174. The number of aromatic amines is 1. The van der Waals surface area contributed by atoms with E-state index < -0.39 is 0 Å². The van der Waals surface area contributed by atoms with Crippen LogP contribution in [0.25, 0.3) is 10.9 Å². The molecule has 6 nitrogen and oxygen atoms in total. The second-order valence-corrected chi connectivity index (χ2v) is 6.85. The average Bonchev–Trinajstić information content (AvgIpc) is 3.27. The van der Waals surface area contributed by atoms with Crippen molar-refractivity contribution >= 4 is 16.9 Å². The Bertz CT molecular complexity index is 980. The number of hydrogen-bond donors (Lipinski definition) is 3. The molecule has 1 atom stereocenters. The van der Waals surface area contributed by atoms with Gasteiger partial charge in [-0.25, -0.2) is 4.79 Å². The third-order valence-corrected chi connectivity index (χ3v) is 4.85. The fourth-order valence-electron chi connectivity index (χ4n) is 3.33. The van der Waals surface area contributed by atoms with Crippen molar-refractivity contribution < 1.29 is 14.3 Å². The first-order chi connectivity index (χ1) is 13.1. The van der Waals surface area contributed by atoms with Crippen molar-refractivity contribution in [2.24, 2.45) is 0 Å². The predicted molar refractivity (Wildman–Crippen MR) is 104 cm³/mol. The van der Waals surface area contributed by atoms with Gasteiger partial charge in [-0.3, -0.25) is 0 Å². The Morgan fingerprint density at radius 3 is 2.93 bits per heavy atom. The maximum absolute atomic E-state index is 12.2. The molecule has 0 bridgehead atoms. The highest BCUT2D eigenvalue weighted by molar-refractivity contribution is 5.84. The first-order valence-corrected chi connectivity index (χ1v) is 9.10. The van der Waals surface area contributed by atoms with E-state index in [4.69, 9.17) is 9.47 Å². The maximum atomic E-state index is 12.2. The van der Waals surface area contributed by atoms with Crippen LogP contribution in [0.3, 0.4) is 0 Å². The number of fused-ring (bicyclic) bond motifs is 2. The van der Waals surface area contributed by atoms with Gasteiger partial charge in [0.1, 0.15) is 0 Å². The van der Waals surface area contributed by atoms with Crippen molar-refractivity contribution in [3.63, 3.8) is 0 Å². The SMILES string of the molecule is Cc1ccc2c(CCNC(=O)NC(C)c3ccc4c(c3)OCO4)c[nH]c2c1. The number of aryl methyl sites for hydroxylation is 1. The van der Waals surface area contributed by atoms with Gasteiger partial charge in [0, 0.05) is 23.6 Å². The number of H-pyrrole nitrogens is 1. The van der Waals surface area contributed by atoms with Gasteiger partial charge in [0.25, 0.3) is 0 Å². The zero-order chi connectivity index (χ0) is 18.8. The lowest BCUT2D eigenvalue weighted by Gasteiger charge is -2.15. The summed E-state index contributed by atoms with van der Waals surface area (Å²) < 4.78 is 10.7. The molecular formula is C21H23N3O3. The lowest BCUT2D eigenvalue weighted by Crippen LogP contribution is -2.38. The highest BCUT2D eigenvalue weighted by Crippen LogP contribution is 2.34. The molecular weight excluding hydrogens is 342 g/mol. The molecule has 4 rings (SSSR count). The topological polar surface area (TPSA) is 75.4 Å². The number of nitrogens with one attached hydrogen (secondary N) is 3. The molecule has 1 unspecified atom stereocenters. The van der Waals surface area contributed by atoms with E-state index in [2.05, 4.69) is 40.7 Å². The molecule has 1 aliphatic heterocycles. The Balaban J connectivity index is 1.30. The van der Waals surface area contributed by atoms with Gasteiger partial charge in [0.2, 0.25) is 6.79 Å². The highest BCUT2D eigenvalue weighted by Gasteiger charge is 2.16. The molecule has 0 spiro atoms. The van der Waals surface area contributed by atoms with Crippen molar-refractivity contribution in [1.29, 1.82) is 0 Å². The monoisotopic (exact) mass is 365 g/mol. The summed E-state index contributed by atoms with van der Waals surface area (Å²) in [5, 5.41) is 7.09. The molecule has 3 N–H and O–H groups in total. The Morgan fingerprint density at radius 1 is 1.19 bits per heavy atom. The van der Waals surface area contributed by atoms with E-state index >= 15 is 0 Å². The van der Waals surface area contributed by atoms with Gasteiger partial charge < -0.3 is 25.1 Å². The molecule has 140 valence electrons. The molecule has 0 fully saturated rings. The van der Waals surface area contributed by atoms with Crippen LogP contribution in [0.2, 0.25) is 0 Å². The van der Waals surface area contributed by atoms with Crippen LogP contribution >= 0.6 is 0 Å². The minimum atomic E-state index is -0.184. The van der Waals surface area contributed by atoms with Gasteiger partial charge in [-0.15, -0.1) is 0 Å². The standard InChI is InChI=1S/C21H23N3O3/c1-13-3-5-17-16(11-23-18(17)9-13)7-8-22-21(25)24-14(2)15-4-6-19-20(10-15)27-12-26-19/h3-6,9-11,14,23H,7-8,12H2,1-2H3,(H2,22,24,25). The van der Waals surface area contributed by atoms with Crippen LogP contribution in [-0.2, 0) is 6.42 Å². The Kier molecular flexibility index (Phi) is 4.62. The van der Waals surface area contributed by atoms with E-state index in [1.54, 1.807) is 0 Å². The number of ether oxygens (including phenoxy) is 2. The van der Waals surface area contributed by atoms with Gasteiger partial charge in [-0.05, 0) is 55.2 Å². The minimum Gasteiger partial charge on any atom is -0.454 e. The van der Waals surface area contributed by atoms with Gasteiger partial charge in [0.05, 0.1) is 6.04 Å². The molecule has 6 heteroatoms. The van der Waals surface area contributed by atoms with Crippen LogP contribution in [0.4, 0.5) is 4.79 Å². The van der Waals surface area contributed by atoms with E-state index in [-0.39, 0.29) is 18.9 Å². The second kappa shape index (κ2) is 7.23. The number of benzene rings is 2. The average molecular weight is 365 g/mol. The molecule has 2 heterocycles. The lowest BCUT2D eigenvalue weighted by atomic mass is 10.1. The van der Waals surface area contributed by atoms with E-state index in [1.807, 2.05) is 31.3 Å². The third kappa shape index (κ3) is 3.69. The largest absolute Gasteiger partial charge is 0.454 e. The maximum Gasteiger partial charge on any atom is 0.315 e. The van der Waals surface area contributed by atoms with E-state index in [0.717, 1.165) is 29.0 Å². The summed E-state index contributed by atoms with van der Waals surface area (Å²) in [5.41, 5.74) is 4.53. The number of aromatic nitrogens is 1. The van der Waals surface area contributed by atoms with Crippen molar-refractivity contribution in [2.45, 2.75) is 26.3 Å². The molecule has 2 amide bonds. The Labute approximate surface area is 157 Å². The molecule has 1 aliphatic rings. The number of urea groups is 1. The highest BCUT2D eigenvalue weighted by atomic mass is 16.7. The van der Waals surface area contributed by atoms with E-state index in [9.17, 15) is 4.79 Å². The zero-order valence-corrected chi connectivity index (χ0v) is 15.5. The molecule has 0 saturated heterocycles. The summed E-state index contributed by atoms with van der Waals surface area (Å²) >= 11 is 0. The zero-order valence-electron chi connectivity index (χ0n) is 15.5. The minimum absolute atomic E-state index is 0.129. The van der Waals surface area contributed by atoms with Crippen LogP contribution in [0.1, 0.15) is 29.7 Å². The summed E-state index contributed by atoms with van der Waals surface area (Å²) in [6.45, 7) is 4.83. The number of amides is 2. The molecule has 2 aromatic carbocycles. The first-order valence-electron chi connectivity index (χ1n) is 9.10. The summed E-state index contributed by atoms with van der Waals surface area (Å²) in [5.74, 6) is 1.46. The number of carbonyl (C=O) groups excluding carboxylic acids is 1. The molecule has 3 aromatic rings. The summed E-state index contributed by atoms with van der Waals surface area (Å²) in [6.07, 6.45) is 2.79. The van der Waals surface area contributed by atoms with Gasteiger partial charge in [-0.2, -0.15) is 0 Å². The molecule has 27 heavy (non-hydrogen) atoms. The van der Waals surface area contributed by atoms with Crippen LogP contribution < -0.4 is 20.1 Å². The third-order valence-electron chi connectivity index (χ3n) is 4.85. The molecule has 0 radical (unpaired) electrons. The number of rotatable bonds is 5. The van der Waals surface area contributed by atoms with E-state index in [1.165, 1.54) is 16.5 Å². The fraction of sp³-hybridized carbons (Fsp3) is 0.286. The van der Waals surface area contributed by atoms with Crippen LogP contribution in [0.5, 0.6) is 11.5 Å². The van der Waals surface area contributed by atoms with Gasteiger partial charge in [-0.1, -0.05) is 18.2 Å². The molecule has 1 aromatic heterocycles. The smallest absolute Gasteiger partial charge is 0.315 e. The van der Waals surface area contributed by atoms with Crippen molar-refractivity contribution in [3.05, 3.63) is 59.3 Å². The molecule has 0 saturated carbocycles. The van der Waals surface area contributed by atoms with Gasteiger partial charge in [0.15, 0.2) is 11.5 Å². The van der Waals surface area contributed by atoms with Crippen molar-refractivity contribution in [1.82, 2.24) is 15.6 Å². The summed E-state index contributed by atoms with van der Waals surface area (Å²) in [7, 11) is 0. The van der Waals surface area contributed by atoms with Crippen molar-refractivity contribution in [2.75, 3.05) is 13.3 Å². The van der Waals surface area contributed by atoms with Crippen LogP contribution in [0.15, 0.2) is 42.6 Å². The van der Waals surface area contributed by atoms with E-state index in [0.29, 0.717) is 6.54 Å². The number of carbonyl (C=O) groups is 1. The molecule has 0 aliphatic carbocycles. The quantitative estimate of drug-likeness (QED) is 0.644. The number of hydrogen-bond acceptors (Lipinski definition) is 3. The fourth-order valence-corrected chi connectivity index (χ4v) is 3.33. The Morgan fingerprint density at radius 2 is 2.04 bits per heavy atom. The predicted octanol–water partition coefficient (Wildman–Crippen LogP) is 3.81.